The van der Waals surface area contributed by atoms with Crippen molar-refractivity contribution in [1.82, 2.24) is 9.78 Å². The molecule has 114 valence electrons. The Balaban J connectivity index is 2.18. The molecule has 6 heteroatoms. The van der Waals surface area contributed by atoms with Gasteiger partial charge in [-0.2, -0.15) is 5.10 Å². The molecule has 4 nitrogen and oxygen atoms in total. The number of aromatic nitrogens is 2. The molecule has 21 heavy (non-hydrogen) atoms. The maximum absolute atomic E-state index is 5.31. The predicted octanol–water partition coefficient (Wildman–Crippen LogP) is 4.61. The van der Waals surface area contributed by atoms with Gasteiger partial charge in [0.15, 0.2) is 0 Å². The molecule has 2 rings (SSSR count). The van der Waals surface area contributed by atoms with Crippen LogP contribution in [0.4, 0.5) is 5.69 Å². The number of halogens is 2. The Morgan fingerprint density at radius 1 is 1.29 bits per heavy atom. The van der Waals surface area contributed by atoms with Gasteiger partial charge in [0.2, 0.25) is 0 Å². The molecule has 0 aliphatic heterocycles. The minimum absolute atomic E-state index is 0.714. The largest absolute Gasteiger partial charge is 0.495 e. The molecule has 0 bridgehead atoms. The van der Waals surface area contributed by atoms with E-state index in [0.29, 0.717) is 6.54 Å². The molecule has 0 atom stereocenters. The van der Waals surface area contributed by atoms with Gasteiger partial charge < -0.3 is 10.1 Å². The third-order valence-corrected chi connectivity index (χ3v) is 4.88. The van der Waals surface area contributed by atoms with Crippen LogP contribution in [-0.4, -0.2) is 16.9 Å². The molecule has 0 saturated heterocycles. The molecule has 1 N–H and O–H groups in total. The van der Waals surface area contributed by atoms with Crippen LogP contribution in [0.2, 0.25) is 0 Å². The van der Waals surface area contributed by atoms with Crippen LogP contribution >= 0.6 is 31.9 Å². The Bertz CT molecular complexity index is 626. The number of rotatable bonds is 6. The lowest BCUT2D eigenvalue weighted by Crippen LogP contribution is -2.08. The number of nitrogens with zero attached hydrogens (tertiary/aromatic N) is 2. The van der Waals surface area contributed by atoms with E-state index in [1.165, 1.54) is 0 Å². The fourth-order valence-corrected chi connectivity index (χ4v) is 3.25. The molecule has 0 radical (unpaired) electrons. The van der Waals surface area contributed by atoms with Crippen LogP contribution in [-0.2, 0) is 19.5 Å². The van der Waals surface area contributed by atoms with Gasteiger partial charge in [-0.05, 0) is 57.3 Å². The van der Waals surface area contributed by atoms with E-state index in [4.69, 9.17) is 4.74 Å². The van der Waals surface area contributed by atoms with Crippen molar-refractivity contribution < 1.29 is 4.74 Å². The number of anilines is 1. The first-order chi connectivity index (χ1) is 10.1. The first-order valence-corrected chi connectivity index (χ1v) is 8.50. The SMILES string of the molecule is CCc1nn(CC)c(CNc2ccc(Br)c(OC)c2)c1Br. The minimum Gasteiger partial charge on any atom is -0.495 e. The molecule has 0 amide bonds. The smallest absolute Gasteiger partial charge is 0.135 e. The number of methoxy groups -OCH3 is 1. The van der Waals surface area contributed by atoms with Crippen molar-refractivity contribution in [2.45, 2.75) is 33.4 Å². The lowest BCUT2D eigenvalue weighted by molar-refractivity contribution is 0.412. The molecule has 0 unspecified atom stereocenters. The van der Waals surface area contributed by atoms with Gasteiger partial charge in [-0.25, -0.2) is 0 Å². The van der Waals surface area contributed by atoms with Crippen LogP contribution in [0.5, 0.6) is 5.75 Å². The standard InChI is InChI=1S/C15H19Br2N3O/c1-4-12-15(17)13(20(5-2)19-12)9-18-10-6-7-11(16)14(8-10)21-3/h6-8,18H,4-5,9H2,1-3H3. The zero-order valence-electron chi connectivity index (χ0n) is 12.4. The van der Waals surface area contributed by atoms with Crippen molar-refractivity contribution >= 4 is 37.5 Å². The highest BCUT2D eigenvalue weighted by atomic mass is 79.9. The molecule has 1 aromatic heterocycles. The van der Waals surface area contributed by atoms with E-state index in [1.54, 1.807) is 7.11 Å². The molecule has 0 saturated carbocycles. The van der Waals surface area contributed by atoms with Crippen molar-refractivity contribution in [2.24, 2.45) is 0 Å². The highest BCUT2D eigenvalue weighted by Gasteiger charge is 2.13. The average Bonchev–Trinajstić information content (AvgIpc) is 2.82. The number of ether oxygens (including phenoxy) is 1. The van der Waals surface area contributed by atoms with Gasteiger partial charge in [-0.1, -0.05) is 6.92 Å². The van der Waals surface area contributed by atoms with Crippen molar-refractivity contribution in [3.05, 3.63) is 38.5 Å². The monoisotopic (exact) mass is 415 g/mol. The normalized spacial score (nSPS) is 10.7. The first-order valence-electron chi connectivity index (χ1n) is 6.92. The van der Waals surface area contributed by atoms with Gasteiger partial charge >= 0.3 is 0 Å². The van der Waals surface area contributed by atoms with Gasteiger partial charge in [-0.3, -0.25) is 4.68 Å². The molecule has 0 aliphatic rings. The second-order valence-electron chi connectivity index (χ2n) is 4.58. The zero-order valence-corrected chi connectivity index (χ0v) is 15.6. The molecule has 1 heterocycles. The summed E-state index contributed by atoms with van der Waals surface area (Å²) >= 11 is 7.12. The number of hydrogen-bond acceptors (Lipinski definition) is 3. The maximum atomic E-state index is 5.31. The van der Waals surface area contributed by atoms with E-state index in [9.17, 15) is 0 Å². The second-order valence-corrected chi connectivity index (χ2v) is 6.23. The average molecular weight is 417 g/mol. The number of aryl methyl sites for hydroxylation is 2. The van der Waals surface area contributed by atoms with Gasteiger partial charge in [0.05, 0.1) is 34.0 Å². The van der Waals surface area contributed by atoms with Gasteiger partial charge in [0, 0.05) is 18.3 Å². The summed E-state index contributed by atoms with van der Waals surface area (Å²) < 4.78 is 9.40. The topological polar surface area (TPSA) is 39.1 Å². The van der Waals surface area contributed by atoms with Crippen molar-refractivity contribution in [3.8, 4) is 5.75 Å². The summed E-state index contributed by atoms with van der Waals surface area (Å²) in [6.45, 7) is 5.79. The number of hydrogen-bond donors (Lipinski definition) is 1. The Hall–Kier alpha value is -1.01. The third kappa shape index (κ3) is 3.61. The van der Waals surface area contributed by atoms with Crippen LogP contribution in [0.15, 0.2) is 27.1 Å². The van der Waals surface area contributed by atoms with E-state index in [0.717, 1.165) is 44.7 Å². The molecular formula is C15H19Br2N3O. The summed E-state index contributed by atoms with van der Waals surface area (Å²) in [6, 6.07) is 5.98. The Kier molecular flexibility index (Phi) is 5.70. The summed E-state index contributed by atoms with van der Waals surface area (Å²) in [4.78, 5) is 0. The van der Waals surface area contributed by atoms with Crippen molar-refractivity contribution in [2.75, 3.05) is 12.4 Å². The fraction of sp³-hybridized carbons (Fsp3) is 0.400. The van der Waals surface area contributed by atoms with E-state index in [-0.39, 0.29) is 0 Å². The highest BCUT2D eigenvalue weighted by Crippen LogP contribution is 2.29. The predicted molar refractivity (Wildman–Crippen MR) is 93.0 cm³/mol. The Labute approximate surface area is 142 Å². The molecule has 2 aromatic rings. The van der Waals surface area contributed by atoms with Crippen molar-refractivity contribution in [1.29, 1.82) is 0 Å². The minimum atomic E-state index is 0.714. The third-order valence-electron chi connectivity index (χ3n) is 3.31. The molecule has 0 aliphatic carbocycles. The van der Waals surface area contributed by atoms with Gasteiger partial charge in [-0.15, -0.1) is 0 Å². The lowest BCUT2D eigenvalue weighted by Gasteiger charge is -2.11. The fourth-order valence-electron chi connectivity index (χ4n) is 2.14. The van der Waals surface area contributed by atoms with E-state index in [2.05, 4.69) is 56.1 Å². The van der Waals surface area contributed by atoms with Gasteiger partial charge in [0.25, 0.3) is 0 Å². The zero-order chi connectivity index (χ0) is 15.4. The summed E-state index contributed by atoms with van der Waals surface area (Å²) in [5.74, 6) is 0.817. The molecule has 0 fully saturated rings. The van der Waals surface area contributed by atoms with E-state index in [1.807, 2.05) is 22.9 Å². The molecule has 0 spiro atoms. The number of nitrogens with one attached hydrogen (secondary N) is 1. The highest BCUT2D eigenvalue weighted by molar-refractivity contribution is 9.10. The summed E-state index contributed by atoms with van der Waals surface area (Å²) in [5.41, 5.74) is 3.28. The van der Waals surface area contributed by atoms with Crippen LogP contribution in [0.1, 0.15) is 25.2 Å². The lowest BCUT2D eigenvalue weighted by atomic mass is 10.2. The summed E-state index contributed by atoms with van der Waals surface area (Å²) in [7, 11) is 1.67. The van der Waals surface area contributed by atoms with Crippen LogP contribution in [0, 0.1) is 0 Å². The van der Waals surface area contributed by atoms with Crippen LogP contribution in [0.25, 0.3) is 0 Å². The summed E-state index contributed by atoms with van der Waals surface area (Å²) in [6.07, 6.45) is 0.923. The first kappa shape index (κ1) is 16.4. The van der Waals surface area contributed by atoms with Crippen molar-refractivity contribution in [3.63, 3.8) is 0 Å². The number of benzene rings is 1. The Morgan fingerprint density at radius 3 is 2.67 bits per heavy atom. The van der Waals surface area contributed by atoms with Gasteiger partial charge in [0.1, 0.15) is 5.75 Å². The quantitative estimate of drug-likeness (QED) is 0.747. The van der Waals surface area contributed by atoms with E-state index < -0.39 is 0 Å². The van der Waals surface area contributed by atoms with Crippen LogP contribution < -0.4 is 10.1 Å². The molecular weight excluding hydrogens is 398 g/mol. The van der Waals surface area contributed by atoms with E-state index >= 15 is 0 Å². The second kappa shape index (κ2) is 7.31. The Morgan fingerprint density at radius 2 is 2.05 bits per heavy atom. The maximum Gasteiger partial charge on any atom is 0.135 e. The van der Waals surface area contributed by atoms with Crippen LogP contribution in [0.3, 0.4) is 0 Å². The summed E-state index contributed by atoms with van der Waals surface area (Å²) in [5, 5.41) is 8.03. The molecule has 1 aromatic carbocycles.